The van der Waals surface area contributed by atoms with Gasteiger partial charge in [0.1, 0.15) is 5.78 Å². The fraction of sp³-hybridized carbons (Fsp3) is 0.312. The standard InChI is InChI=1S/C16H16O2/c17-16-8-9-18-11-14(16)10-13-6-3-5-12-4-1-2-7-15(12)13/h1-7,14H,8-11H2. The summed E-state index contributed by atoms with van der Waals surface area (Å²) in [5.41, 5.74) is 1.25. The lowest BCUT2D eigenvalue weighted by molar-refractivity contribution is -0.130. The average Bonchev–Trinajstić information content (AvgIpc) is 2.42. The Labute approximate surface area is 107 Å². The van der Waals surface area contributed by atoms with E-state index in [0.717, 1.165) is 6.42 Å². The summed E-state index contributed by atoms with van der Waals surface area (Å²) in [5, 5.41) is 2.48. The lowest BCUT2D eigenvalue weighted by Gasteiger charge is -2.21. The molecule has 0 saturated carbocycles. The van der Waals surface area contributed by atoms with Crippen molar-refractivity contribution >= 4 is 16.6 Å². The zero-order valence-corrected chi connectivity index (χ0v) is 10.3. The molecule has 0 aliphatic carbocycles. The number of rotatable bonds is 2. The monoisotopic (exact) mass is 240 g/mol. The van der Waals surface area contributed by atoms with E-state index >= 15 is 0 Å². The van der Waals surface area contributed by atoms with Gasteiger partial charge in [-0.25, -0.2) is 0 Å². The van der Waals surface area contributed by atoms with E-state index in [-0.39, 0.29) is 5.92 Å². The van der Waals surface area contributed by atoms with Gasteiger partial charge in [0.2, 0.25) is 0 Å². The Morgan fingerprint density at radius 1 is 1.11 bits per heavy atom. The van der Waals surface area contributed by atoms with Crippen molar-refractivity contribution in [3.05, 3.63) is 48.0 Å². The van der Waals surface area contributed by atoms with Crippen LogP contribution in [0.5, 0.6) is 0 Å². The third kappa shape index (κ3) is 2.16. The lowest BCUT2D eigenvalue weighted by atomic mass is 9.90. The van der Waals surface area contributed by atoms with Gasteiger partial charge in [-0.3, -0.25) is 4.79 Å². The SMILES string of the molecule is O=C1CCOCC1Cc1cccc2ccccc12. The molecule has 1 fully saturated rings. The summed E-state index contributed by atoms with van der Waals surface area (Å²) in [6.07, 6.45) is 1.36. The third-order valence-electron chi connectivity index (χ3n) is 3.61. The van der Waals surface area contributed by atoms with Crippen molar-refractivity contribution in [1.29, 1.82) is 0 Å². The van der Waals surface area contributed by atoms with Gasteiger partial charge in [-0.2, -0.15) is 0 Å². The predicted molar refractivity (Wildman–Crippen MR) is 71.6 cm³/mol. The fourth-order valence-corrected chi connectivity index (χ4v) is 2.60. The number of hydrogen-bond donors (Lipinski definition) is 0. The van der Waals surface area contributed by atoms with Crippen LogP contribution in [0.1, 0.15) is 12.0 Å². The van der Waals surface area contributed by atoms with Crippen molar-refractivity contribution < 1.29 is 9.53 Å². The van der Waals surface area contributed by atoms with Crippen LogP contribution in [-0.2, 0) is 16.0 Å². The quantitative estimate of drug-likeness (QED) is 0.806. The molecule has 1 aliphatic heterocycles. The first-order valence-electron chi connectivity index (χ1n) is 6.42. The molecule has 1 unspecified atom stereocenters. The maximum absolute atomic E-state index is 11.9. The first kappa shape index (κ1) is 11.4. The van der Waals surface area contributed by atoms with Gasteiger partial charge in [0, 0.05) is 12.3 Å². The summed E-state index contributed by atoms with van der Waals surface area (Å²) in [5.74, 6) is 0.374. The number of ketones is 1. The molecule has 0 aromatic heterocycles. The molecule has 2 aromatic carbocycles. The Bertz CT molecular complexity index is 569. The number of hydrogen-bond acceptors (Lipinski definition) is 2. The molecule has 2 heteroatoms. The first-order valence-corrected chi connectivity index (χ1v) is 6.42. The summed E-state index contributed by atoms with van der Waals surface area (Å²) in [7, 11) is 0. The molecule has 2 nitrogen and oxygen atoms in total. The van der Waals surface area contributed by atoms with Crippen LogP contribution in [0.4, 0.5) is 0 Å². The van der Waals surface area contributed by atoms with Crippen molar-refractivity contribution in [3.63, 3.8) is 0 Å². The molecule has 18 heavy (non-hydrogen) atoms. The second-order valence-electron chi connectivity index (χ2n) is 4.83. The van der Waals surface area contributed by atoms with Crippen molar-refractivity contribution in [2.45, 2.75) is 12.8 Å². The molecule has 0 N–H and O–H groups in total. The maximum Gasteiger partial charge on any atom is 0.140 e. The van der Waals surface area contributed by atoms with E-state index < -0.39 is 0 Å². The third-order valence-corrected chi connectivity index (χ3v) is 3.61. The molecular weight excluding hydrogens is 224 g/mol. The van der Waals surface area contributed by atoms with Crippen LogP contribution in [0.2, 0.25) is 0 Å². The van der Waals surface area contributed by atoms with E-state index in [1.165, 1.54) is 16.3 Å². The van der Waals surface area contributed by atoms with Gasteiger partial charge in [-0.15, -0.1) is 0 Å². The van der Waals surface area contributed by atoms with E-state index in [1.807, 2.05) is 12.1 Å². The molecule has 0 amide bonds. The second kappa shape index (κ2) is 4.91. The predicted octanol–water partition coefficient (Wildman–Crippen LogP) is 2.99. The van der Waals surface area contributed by atoms with E-state index in [9.17, 15) is 4.79 Å². The maximum atomic E-state index is 11.9. The Balaban J connectivity index is 1.92. The highest BCUT2D eigenvalue weighted by atomic mass is 16.5. The molecule has 92 valence electrons. The minimum atomic E-state index is 0.0320. The van der Waals surface area contributed by atoms with Gasteiger partial charge in [0.25, 0.3) is 0 Å². The summed E-state index contributed by atoms with van der Waals surface area (Å²) >= 11 is 0. The van der Waals surface area contributed by atoms with Crippen LogP contribution < -0.4 is 0 Å². The zero-order valence-electron chi connectivity index (χ0n) is 10.3. The van der Waals surface area contributed by atoms with Gasteiger partial charge in [0.05, 0.1) is 13.2 Å². The van der Waals surface area contributed by atoms with Gasteiger partial charge in [0.15, 0.2) is 0 Å². The van der Waals surface area contributed by atoms with Crippen LogP contribution in [0.25, 0.3) is 10.8 Å². The van der Waals surface area contributed by atoms with Gasteiger partial charge >= 0.3 is 0 Å². The van der Waals surface area contributed by atoms with E-state index in [0.29, 0.717) is 25.4 Å². The van der Waals surface area contributed by atoms with Crippen LogP contribution in [-0.4, -0.2) is 19.0 Å². The number of carbonyl (C=O) groups is 1. The van der Waals surface area contributed by atoms with Crippen molar-refractivity contribution in [3.8, 4) is 0 Å². The van der Waals surface area contributed by atoms with E-state index in [4.69, 9.17) is 4.74 Å². The summed E-state index contributed by atoms with van der Waals surface area (Å²) in [6, 6.07) is 14.6. The van der Waals surface area contributed by atoms with Gasteiger partial charge in [-0.05, 0) is 22.8 Å². The largest absolute Gasteiger partial charge is 0.380 e. The van der Waals surface area contributed by atoms with Crippen molar-refractivity contribution in [2.75, 3.05) is 13.2 Å². The van der Waals surface area contributed by atoms with Crippen LogP contribution in [0.3, 0.4) is 0 Å². The van der Waals surface area contributed by atoms with Crippen LogP contribution in [0.15, 0.2) is 42.5 Å². The smallest absolute Gasteiger partial charge is 0.140 e. The number of ether oxygens (including phenoxy) is 1. The molecule has 2 aromatic rings. The fourth-order valence-electron chi connectivity index (χ4n) is 2.60. The second-order valence-corrected chi connectivity index (χ2v) is 4.83. The van der Waals surface area contributed by atoms with Crippen molar-refractivity contribution in [1.82, 2.24) is 0 Å². The molecule has 1 aliphatic rings. The Kier molecular flexibility index (Phi) is 3.11. The molecule has 1 atom stereocenters. The molecule has 1 heterocycles. The van der Waals surface area contributed by atoms with Crippen LogP contribution >= 0.6 is 0 Å². The minimum Gasteiger partial charge on any atom is -0.380 e. The summed E-state index contributed by atoms with van der Waals surface area (Å²) < 4.78 is 5.42. The zero-order chi connectivity index (χ0) is 12.4. The topological polar surface area (TPSA) is 26.3 Å². The highest BCUT2D eigenvalue weighted by molar-refractivity contribution is 5.87. The van der Waals surface area contributed by atoms with Gasteiger partial charge < -0.3 is 4.74 Å². The van der Waals surface area contributed by atoms with E-state index in [2.05, 4.69) is 30.3 Å². The number of carbonyl (C=O) groups excluding carboxylic acids is 1. The summed E-state index contributed by atoms with van der Waals surface area (Å²) in [4.78, 5) is 11.9. The molecule has 0 bridgehead atoms. The Morgan fingerprint density at radius 3 is 2.83 bits per heavy atom. The molecule has 0 spiro atoms. The minimum absolute atomic E-state index is 0.0320. The average molecular weight is 240 g/mol. The highest BCUT2D eigenvalue weighted by Gasteiger charge is 2.23. The Morgan fingerprint density at radius 2 is 1.94 bits per heavy atom. The van der Waals surface area contributed by atoms with Crippen molar-refractivity contribution in [2.24, 2.45) is 5.92 Å². The Hall–Kier alpha value is -1.67. The van der Waals surface area contributed by atoms with Crippen LogP contribution in [0, 0.1) is 5.92 Å². The van der Waals surface area contributed by atoms with E-state index in [1.54, 1.807) is 0 Å². The molecule has 3 rings (SSSR count). The normalized spacial score (nSPS) is 20.2. The van der Waals surface area contributed by atoms with Gasteiger partial charge in [-0.1, -0.05) is 42.5 Å². The highest BCUT2D eigenvalue weighted by Crippen LogP contribution is 2.23. The molecule has 1 saturated heterocycles. The number of Topliss-reactive ketones (excluding diaryl/α,β-unsaturated/α-hetero) is 1. The molecular formula is C16H16O2. The lowest BCUT2D eigenvalue weighted by Crippen LogP contribution is -2.29. The molecule has 0 radical (unpaired) electrons. The number of benzene rings is 2. The number of fused-ring (bicyclic) bond motifs is 1. The summed E-state index contributed by atoms with van der Waals surface area (Å²) in [6.45, 7) is 1.16. The first-order chi connectivity index (χ1) is 8.84.